The Morgan fingerprint density at radius 2 is 1.86 bits per heavy atom. The van der Waals surface area contributed by atoms with Crippen LogP contribution in [0.25, 0.3) is 0 Å². The molecule has 1 atom stereocenters. The summed E-state index contributed by atoms with van der Waals surface area (Å²) in [7, 11) is 1.31. The number of carboxylic acids is 1. The maximum atomic E-state index is 12.3. The van der Waals surface area contributed by atoms with Gasteiger partial charge in [0, 0.05) is 11.5 Å². The smallest absolute Gasteiger partial charge is 0.323 e. The first-order valence-corrected chi connectivity index (χ1v) is 7.17. The van der Waals surface area contributed by atoms with Crippen LogP contribution in [0.1, 0.15) is 27.6 Å². The van der Waals surface area contributed by atoms with Gasteiger partial charge in [0.15, 0.2) is 0 Å². The summed E-state index contributed by atoms with van der Waals surface area (Å²) in [4.78, 5) is 49.3. The first kappa shape index (κ1) is 16.2. The van der Waals surface area contributed by atoms with Gasteiger partial charge in [0.25, 0.3) is 11.8 Å². The van der Waals surface area contributed by atoms with Gasteiger partial charge >= 0.3 is 5.97 Å². The highest BCUT2D eigenvalue weighted by Gasteiger charge is 2.41. The quantitative estimate of drug-likeness (QED) is 0.799. The molecule has 0 aromatic heterocycles. The number of imide groups is 1. The Bertz CT molecular complexity index is 688. The van der Waals surface area contributed by atoms with Gasteiger partial charge < -0.3 is 10.0 Å². The van der Waals surface area contributed by atoms with Gasteiger partial charge in [-0.15, -0.1) is 0 Å². The number of carboxylic acid groups (broad SMARTS) is 1. The Balaban J connectivity index is 2.27. The molecule has 1 aliphatic rings. The molecule has 1 N–H and O–H groups in total. The van der Waals surface area contributed by atoms with Crippen LogP contribution in [0.2, 0.25) is 0 Å². The molecule has 1 unspecified atom stereocenters. The number of likely N-dealkylation sites (N-methyl/N-ethyl adjacent to an activating group) is 1. The van der Waals surface area contributed by atoms with Gasteiger partial charge in [-0.05, 0) is 25.1 Å². The van der Waals surface area contributed by atoms with Crippen LogP contribution in [-0.2, 0) is 9.59 Å². The molecule has 1 aromatic carbocycles. The van der Waals surface area contributed by atoms with Crippen molar-refractivity contribution in [2.75, 3.05) is 13.6 Å². The fourth-order valence-electron chi connectivity index (χ4n) is 2.29. The predicted molar refractivity (Wildman–Crippen MR) is 79.4 cm³/mol. The van der Waals surface area contributed by atoms with Gasteiger partial charge in [0.2, 0.25) is 5.91 Å². The standard InChI is InChI=1S/C14H13BrN2O5/c1-7(12(20)16(2)6-11(18)19)17-13(21)9-4-3-8(15)5-10(9)14(17)22/h3-5,7H,6H2,1-2H3,(H,18,19). The van der Waals surface area contributed by atoms with Crippen molar-refractivity contribution in [3.8, 4) is 0 Å². The summed E-state index contributed by atoms with van der Waals surface area (Å²) >= 11 is 3.23. The molecule has 8 heteroatoms. The number of amides is 3. The molecule has 0 spiro atoms. The first-order valence-electron chi connectivity index (χ1n) is 6.38. The van der Waals surface area contributed by atoms with Crippen LogP contribution in [-0.4, -0.2) is 58.2 Å². The molecule has 0 saturated carbocycles. The van der Waals surface area contributed by atoms with E-state index in [0.29, 0.717) is 4.47 Å². The molecule has 1 heterocycles. The maximum Gasteiger partial charge on any atom is 0.323 e. The summed E-state index contributed by atoms with van der Waals surface area (Å²) in [6.45, 7) is 0.898. The van der Waals surface area contributed by atoms with Crippen molar-refractivity contribution in [2.45, 2.75) is 13.0 Å². The normalized spacial score (nSPS) is 14.8. The first-order chi connectivity index (χ1) is 10.2. The molecule has 0 fully saturated rings. The number of nitrogens with zero attached hydrogens (tertiary/aromatic N) is 2. The predicted octanol–water partition coefficient (Wildman–Crippen LogP) is 0.977. The Labute approximate surface area is 134 Å². The average molecular weight is 369 g/mol. The van der Waals surface area contributed by atoms with Crippen LogP contribution >= 0.6 is 15.9 Å². The molecular weight excluding hydrogens is 356 g/mol. The summed E-state index contributed by atoms with van der Waals surface area (Å²) in [5, 5.41) is 8.71. The minimum absolute atomic E-state index is 0.222. The molecule has 7 nitrogen and oxygen atoms in total. The molecule has 116 valence electrons. The number of hydrogen-bond donors (Lipinski definition) is 1. The number of rotatable bonds is 4. The Kier molecular flexibility index (Phi) is 4.32. The van der Waals surface area contributed by atoms with E-state index in [1.165, 1.54) is 26.1 Å². The number of carbonyl (C=O) groups is 4. The lowest BCUT2D eigenvalue weighted by molar-refractivity contribution is -0.144. The second-order valence-corrected chi connectivity index (χ2v) is 5.85. The Morgan fingerprint density at radius 3 is 2.45 bits per heavy atom. The molecule has 1 aromatic rings. The fraction of sp³-hybridized carbons (Fsp3) is 0.286. The second kappa shape index (κ2) is 5.88. The zero-order valence-corrected chi connectivity index (χ0v) is 13.5. The highest BCUT2D eigenvalue weighted by atomic mass is 79.9. The van der Waals surface area contributed by atoms with E-state index in [1.54, 1.807) is 6.07 Å². The van der Waals surface area contributed by atoms with Crippen molar-refractivity contribution in [2.24, 2.45) is 0 Å². The van der Waals surface area contributed by atoms with E-state index in [9.17, 15) is 19.2 Å². The molecule has 0 bridgehead atoms. The topological polar surface area (TPSA) is 95.0 Å². The van der Waals surface area contributed by atoms with Gasteiger partial charge in [-0.25, -0.2) is 0 Å². The number of aliphatic carboxylic acids is 1. The van der Waals surface area contributed by atoms with E-state index in [-0.39, 0.29) is 11.1 Å². The van der Waals surface area contributed by atoms with Crippen LogP contribution in [0.3, 0.4) is 0 Å². The molecule has 0 saturated heterocycles. The fourth-order valence-corrected chi connectivity index (χ4v) is 2.65. The third-order valence-electron chi connectivity index (χ3n) is 3.37. The molecule has 2 rings (SSSR count). The summed E-state index contributed by atoms with van der Waals surface area (Å²) in [6.07, 6.45) is 0. The van der Waals surface area contributed by atoms with E-state index in [0.717, 1.165) is 9.80 Å². The SMILES string of the molecule is CC(C(=O)N(C)CC(=O)O)N1C(=O)c2ccc(Br)cc2C1=O. The molecule has 1 aliphatic heterocycles. The van der Waals surface area contributed by atoms with Gasteiger partial charge in [-0.1, -0.05) is 15.9 Å². The van der Waals surface area contributed by atoms with Crippen molar-refractivity contribution in [3.63, 3.8) is 0 Å². The molecule has 0 radical (unpaired) electrons. The summed E-state index contributed by atoms with van der Waals surface area (Å²) in [5.74, 6) is -2.91. The second-order valence-electron chi connectivity index (χ2n) is 4.93. The van der Waals surface area contributed by atoms with Crippen LogP contribution in [0.4, 0.5) is 0 Å². The van der Waals surface area contributed by atoms with Gasteiger partial charge in [0.05, 0.1) is 11.1 Å². The number of halogens is 1. The third kappa shape index (κ3) is 2.74. The van der Waals surface area contributed by atoms with Gasteiger partial charge in [-0.3, -0.25) is 24.1 Å². The van der Waals surface area contributed by atoms with Crippen molar-refractivity contribution in [1.29, 1.82) is 0 Å². The summed E-state index contributed by atoms with van der Waals surface area (Å²) in [6, 6.07) is 3.60. The van der Waals surface area contributed by atoms with Crippen LogP contribution in [0, 0.1) is 0 Å². The third-order valence-corrected chi connectivity index (χ3v) is 3.87. The highest BCUT2D eigenvalue weighted by molar-refractivity contribution is 9.10. The molecule has 3 amide bonds. The number of benzene rings is 1. The van der Waals surface area contributed by atoms with Crippen LogP contribution in [0.5, 0.6) is 0 Å². The van der Waals surface area contributed by atoms with E-state index >= 15 is 0 Å². The van der Waals surface area contributed by atoms with Gasteiger partial charge in [0.1, 0.15) is 12.6 Å². The molecule has 0 aliphatic carbocycles. The number of hydrogen-bond acceptors (Lipinski definition) is 4. The van der Waals surface area contributed by atoms with Crippen molar-refractivity contribution in [1.82, 2.24) is 9.80 Å². The van der Waals surface area contributed by atoms with Crippen LogP contribution in [0.15, 0.2) is 22.7 Å². The Hall–Kier alpha value is -2.22. The van der Waals surface area contributed by atoms with Crippen molar-refractivity contribution < 1.29 is 24.3 Å². The van der Waals surface area contributed by atoms with Gasteiger partial charge in [-0.2, -0.15) is 0 Å². The lowest BCUT2D eigenvalue weighted by Gasteiger charge is -2.25. The number of fused-ring (bicyclic) bond motifs is 1. The zero-order valence-electron chi connectivity index (χ0n) is 11.9. The van der Waals surface area contributed by atoms with Crippen molar-refractivity contribution >= 4 is 39.6 Å². The average Bonchev–Trinajstić information content (AvgIpc) is 2.68. The minimum Gasteiger partial charge on any atom is -0.480 e. The van der Waals surface area contributed by atoms with E-state index in [1.807, 2.05) is 0 Å². The number of carbonyl (C=O) groups excluding carboxylic acids is 3. The maximum absolute atomic E-state index is 12.3. The van der Waals surface area contributed by atoms with E-state index in [2.05, 4.69) is 15.9 Å². The van der Waals surface area contributed by atoms with E-state index < -0.39 is 36.3 Å². The molecular formula is C14H13BrN2O5. The minimum atomic E-state index is -1.17. The molecule has 22 heavy (non-hydrogen) atoms. The van der Waals surface area contributed by atoms with E-state index in [4.69, 9.17) is 5.11 Å². The Morgan fingerprint density at radius 1 is 1.27 bits per heavy atom. The summed E-state index contributed by atoms with van der Waals surface area (Å²) in [5.41, 5.74) is 0.452. The lowest BCUT2D eigenvalue weighted by atomic mass is 10.1. The summed E-state index contributed by atoms with van der Waals surface area (Å²) < 4.78 is 0.649. The lowest BCUT2D eigenvalue weighted by Crippen LogP contribution is -2.49. The highest BCUT2D eigenvalue weighted by Crippen LogP contribution is 2.27. The largest absolute Gasteiger partial charge is 0.480 e. The monoisotopic (exact) mass is 368 g/mol. The van der Waals surface area contributed by atoms with Crippen LogP contribution < -0.4 is 0 Å². The zero-order chi connectivity index (χ0) is 16.6. The van der Waals surface area contributed by atoms with Crippen molar-refractivity contribution in [3.05, 3.63) is 33.8 Å².